The first-order valence-electron chi connectivity index (χ1n) is 6.50. The van der Waals surface area contributed by atoms with Crippen molar-refractivity contribution in [1.82, 2.24) is 4.98 Å². The number of carbonyl (C=O) groups excluding carboxylic acids is 1. The first kappa shape index (κ1) is 13.8. The summed E-state index contributed by atoms with van der Waals surface area (Å²) in [5.41, 5.74) is 1.49. The summed E-state index contributed by atoms with van der Waals surface area (Å²) in [6.07, 6.45) is 3.14. The first-order chi connectivity index (χ1) is 9.24. The molecule has 1 N–H and O–H groups in total. The van der Waals surface area contributed by atoms with Crippen LogP contribution >= 0.6 is 11.3 Å². The van der Waals surface area contributed by atoms with Crippen molar-refractivity contribution >= 4 is 32.7 Å². The van der Waals surface area contributed by atoms with Gasteiger partial charge in [-0.1, -0.05) is 31.1 Å². The predicted molar refractivity (Wildman–Crippen MR) is 79.0 cm³/mol. The fourth-order valence-corrected chi connectivity index (χ4v) is 2.62. The SMILES string of the molecule is CCCCCOC(=O)c1ccc2nc(NC)sc2c1. The molecule has 19 heavy (non-hydrogen) atoms. The molecule has 5 heteroatoms. The van der Waals surface area contributed by atoms with E-state index in [4.69, 9.17) is 4.74 Å². The van der Waals surface area contributed by atoms with Gasteiger partial charge >= 0.3 is 5.97 Å². The number of benzene rings is 1. The van der Waals surface area contributed by atoms with Gasteiger partial charge in [0.05, 0.1) is 22.4 Å². The van der Waals surface area contributed by atoms with Crippen LogP contribution in [-0.4, -0.2) is 24.6 Å². The average molecular weight is 278 g/mol. The maximum atomic E-state index is 11.9. The summed E-state index contributed by atoms with van der Waals surface area (Å²) in [7, 11) is 1.83. The lowest BCUT2D eigenvalue weighted by atomic mass is 10.2. The fourth-order valence-electron chi connectivity index (χ4n) is 1.76. The first-order valence-corrected chi connectivity index (χ1v) is 7.31. The molecular weight excluding hydrogens is 260 g/mol. The number of esters is 1. The van der Waals surface area contributed by atoms with Crippen molar-refractivity contribution in [2.75, 3.05) is 19.0 Å². The van der Waals surface area contributed by atoms with Crippen molar-refractivity contribution in [3.05, 3.63) is 23.8 Å². The second kappa shape index (κ2) is 6.52. The van der Waals surface area contributed by atoms with Crippen molar-refractivity contribution < 1.29 is 9.53 Å². The lowest BCUT2D eigenvalue weighted by Crippen LogP contribution is -2.06. The number of fused-ring (bicyclic) bond motifs is 1. The molecule has 1 heterocycles. The minimum absolute atomic E-state index is 0.252. The Bertz CT molecular complexity index is 566. The molecule has 102 valence electrons. The number of rotatable bonds is 6. The van der Waals surface area contributed by atoms with E-state index in [1.54, 1.807) is 6.07 Å². The minimum atomic E-state index is -0.252. The van der Waals surface area contributed by atoms with Crippen LogP contribution in [0.1, 0.15) is 36.5 Å². The third-order valence-corrected chi connectivity index (χ3v) is 3.85. The molecule has 0 unspecified atom stereocenters. The number of thiazole rings is 1. The summed E-state index contributed by atoms with van der Waals surface area (Å²) in [5.74, 6) is -0.252. The van der Waals surface area contributed by atoms with Crippen molar-refractivity contribution in [3.63, 3.8) is 0 Å². The van der Waals surface area contributed by atoms with E-state index < -0.39 is 0 Å². The van der Waals surface area contributed by atoms with E-state index in [-0.39, 0.29) is 5.97 Å². The molecule has 0 bridgehead atoms. The smallest absolute Gasteiger partial charge is 0.338 e. The quantitative estimate of drug-likeness (QED) is 0.647. The van der Waals surface area contributed by atoms with Crippen LogP contribution in [-0.2, 0) is 4.74 Å². The molecule has 0 saturated heterocycles. The standard InChI is InChI=1S/C14H18N2O2S/c1-3-4-5-8-18-13(17)10-6-7-11-12(9-10)19-14(15-2)16-11/h6-7,9H,3-5,8H2,1-2H3,(H,15,16). The predicted octanol–water partition coefficient (Wildman–Crippen LogP) is 3.69. The van der Waals surface area contributed by atoms with Gasteiger partial charge in [-0.2, -0.15) is 0 Å². The van der Waals surface area contributed by atoms with Crippen LogP contribution in [0.2, 0.25) is 0 Å². The van der Waals surface area contributed by atoms with Gasteiger partial charge in [-0.25, -0.2) is 9.78 Å². The van der Waals surface area contributed by atoms with Gasteiger partial charge in [0.1, 0.15) is 0 Å². The second-order valence-electron chi connectivity index (χ2n) is 4.29. The summed E-state index contributed by atoms with van der Waals surface area (Å²) in [5, 5.41) is 3.86. The van der Waals surface area contributed by atoms with Gasteiger partial charge in [0, 0.05) is 7.05 Å². The van der Waals surface area contributed by atoms with Crippen LogP contribution in [0.15, 0.2) is 18.2 Å². The number of aromatic nitrogens is 1. The van der Waals surface area contributed by atoms with E-state index in [9.17, 15) is 4.79 Å². The zero-order chi connectivity index (χ0) is 13.7. The molecule has 0 aliphatic rings. The monoisotopic (exact) mass is 278 g/mol. The van der Waals surface area contributed by atoms with Crippen LogP contribution in [0.5, 0.6) is 0 Å². The summed E-state index contributed by atoms with van der Waals surface area (Å²) in [6.45, 7) is 2.62. The molecule has 0 aliphatic heterocycles. The maximum absolute atomic E-state index is 11.9. The number of ether oxygens (including phenoxy) is 1. The Labute approximate surface area is 116 Å². The third kappa shape index (κ3) is 3.44. The molecular formula is C14H18N2O2S. The van der Waals surface area contributed by atoms with Crippen molar-refractivity contribution in [3.8, 4) is 0 Å². The van der Waals surface area contributed by atoms with E-state index in [0.29, 0.717) is 12.2 Å². The molecule has 0 atom stereocenters. The number of nitrogens with zero attached hydrogens (tertiary/aromatic N) is 1. The van der Waals surface area contributed by atoms with Gasteiger partial charge in [-0.15, -0.1) is 0 Å². The molecule has 0 saturated carbocycles. The molecule has 2 rings (SSSR count). The largest absolute Gasteiger partial charge is 0.462 e. The average Bonchev–Trinajstić information content (AvgIpc) is 2.85. The van der Waals surface area contributed by atoms with E-state index in [1.807, 2.05) is 19.2 Å². The van der Waals surface area contributed by atoms with Gasteiger partial charge in [0.25, 0.3) is 0 Å². The van der Waals surface area contributed by atoms with Crippen LogP contribution in [0.4, 0.5) is 5.13 Å². The van der Waals surface area contributed by atoms with Gasteiger partial charge in [0.15, 0.2) is 5.13 Å². The van der Waals surface area contributed by atoms with Gasteiger partial charge in [-0.05, 0) is 24.6 Å². The zero-order valence-electron chi connectivity index (χ0n) is 11.2. The summed E-state index contributed by atoms with van der Waals surface area (Å²) in [6, 6.07) is 5.47. The minimum Gasteiger partial charge on any atom is -0.462 e. The van der Waals surface area contributed by atoms with Gasteiger partial charge in [-0.3, -0.25) is 0 Å². The van der Waals surface area contributed by atoms with Crippen LogP contribution in [0.25, 0.3) is 10.2 Å². The van der Waals surface area contributed by atoms with Gasteiger partial charge < -0.3 is 10.1 Å². The normalized spacial score (nSPS) is 10.6. The van der Waals surface area contributed by atoms with Crippen LogP contribution in [0, 0.1) is 0 Å². The third-order valence-electron chi connectivity index (χ3n) is 2.82. The summed E-state index contributed by atoms with van der Waals surface area (Å²) < 4.78 is 6.23. The Morgan fingerprint density at radius 1 is 1.42 bits per heavy atom. The number of hydrogen-bond donors (Lipinski definition) is 1. The number of carbonyl (C=O) groups is 1. The lowest BCUT2D eigenvalue weighted by Gasteiger charge is -2.03. The Morgan fingerprint density at radius 3 is 3.00 bits per heavy atom. The van der Waals surface area contributed by atoms with E-state index in [1.165, 1.54) is 11.3 Å². The summed E-state index contributed by atoms with van der Waals surface area (Å²) >= 11 is 1.53. The highest BCUT2D eigenvalue weighted by molar-refractivity contribution is 7.22. The van der Waals surface area contributed by atoms with Crippen molar-refractivity contribution in [2.24, 2.45) is 0 Å². The van der Waals surface area contributed by atoms with E-state index in [2.05, 4.69) is 17.2 Å². The zero-order valence-corrected chi connectivity index (χ0v) is 12.0. The number of anilines is 1. The Kier molecular flexibility index (Phi) is 4.74. The van der Waals surface area contributed by atoms with E-state index in [0.717, 1.165) is 34.6 Å². The van der Waals surface area contributed by atoms with Crippen LogP contribution in [0.3, 0.4) is 0 Å². The Hall–Kier alpha value is -1.62. The molecule has 0 radical (unpaired) electrons. The van der Waals surface area contributed by atoms with Crippen molar-refractivity contribution in [2.45, 2.75) is 26.2 Å². The molecule has 0 spiro atoms. The Morgan fingerprint density at radius 2 is 2.26 bits per heavy atom. The molecule has 0 amide bonds. The van der Waals surface area contributed by atoms with Crippen molar-refractivity contribution in [1.29, 1.82) is 0 Å². The number of hydrogen-bond acceptors (Lipinski definition) is 5. The molecule has 4 nitrogen and oxygen atoms in total. The highest BCUT2D eigenvalue weighted by Crippen LogP contribution is 2.26. The molecule has 1 aromatic heterocycles. The fraction of sp³-hybridized carbons (Fsp3) is 0.429. The molecule has 0 fully saturated rings. The van der Waals surface area contributed by atoms with Crippen LogP contribution < -0.4 is 5.32 Å². The highest BCUT2D eigenvalue weighted by Gasteiger charge is 2.10. The second-order valence-corrected chi connectivity index (χ2v) is 5.33. The number of nitrogens with one attached hydrogen (secondary N) is 1. The van der Waals surface area contributed by atoms with Gasteiger partial charge in [0.2, 0.25) is 0 Å². The summed E-state index contributed by atoms with van der Waals surface area (Å²) in [4.78, 5) is 16.2. The molecule has 0 aliphatic carbocycles. The molecule has 1 aromatic carbocycles. The lowest BCUT2D eigenvalue weighted by molar-refractivity contribution is 0.0498. The number of unbranched alkanes of at least 4 members (excludes halogenated alkanes) is 2. The maximum Gasteiger partial charge on any atom is 0.338 e. The Balaban J connectivity index is 2.05. The van der Waals surface area contributed by atoms with E-state index >= 15 is 0 Å². The highest BCUT2D eigenvalue weighted by atomic mass is 32.1. The molecule has 2 aromatic rings. The topological polar surface area (TPSA) is 51.2 Å².